The van der Waals surface area contributed by atoms with Crippen LogP contribution in [-0.2, 0) is 27.5 Å². The Kier molecular flexibility index (Phi) is 6.04. The predicted octanol–water partition coefficient (Wildman–Crippen LogP) is 1.36. The first kappa shape index (κ1) is 17.8. The van der Waals surface area contributed by atoms with Gasteiger partial charge in [0.25, 0.3) is 0 Å². The molecule has 21 heavy (non-hydrogen) atoms. The number of hydrogen-bond donors (Lipinski definition) is 1. The second kappa shape index (κ2) is 7.13. The molecule has 0 spiro atoms. The van der Waals surface area contributed by atoms with Gasteiger partial charge in [0, 0.05) is 11.6 Å². The van der Waals surface area contributed by atoms with Crippen LogP contribution in [0.2, 0.25) is 0 Å². The van der Waals surface area contributed by atoms with E-state index in [2.05, 4.69) is 11.6 Å². The van der Waals surface area contributed by atoms with Crippen molar-refractivity contribution < 1.29 is 31.8 Å². The minimum Gasteiger partial charge on any atom is -0.589 e. The summed E-state index contributed by atoms with van der Waals surface area (Å²) < 4.78 is 64.7. The Morgan fingerprint density at radius 3 is 2.57 bits per heavy atom. The summed E-state index contributed by atoms with van der Waals surface area (Å²) in [6, 6.07) is 1.03. The van der Waals surface area contributed by atoms with Gasteiger partial charge in [-0.15, -0.1) is 13.2 Å². The number of nitrogens with zero attached hydrogens (tertiary/aromatic N) is 1. The Morgan fingerprint density at radius 1 is 1.43 bits per heavy atom. The Hall–Kier alpha value is -1.27. The molecule has 1 aromatic rings. The summed E-state index contributed by atoms with van der Waals surface area (Å²) in [6.07, 6.45) is 2.08. The average molecular weight is 342 g/mol. The second-order valence-corrected chi connectivity index (χ2v) is 6.27. The van der Waals surface area contributed by atoms with Crippen molar-refractivity contribution >= 4 is 28.7 Å². The summed E-state index contributed by atoms with van der Waals surface area (Å²) in [4.78, 5) is 14.6. The summed E-state index contributed by atoms with van der Waals surface area (Å²) >= 11 is -5.93. The number of carbonyl (C=O) groups excluding carboxylic acids is 1. The molecule has 1 N–H and O–H groups in total. The number of esters is 1. The Labute approximate surface area is 124 Å². The Morgan fingerprint density at radius 2 is 2.05 bits per heavy atom. The molecule has 0 bridgehead atoms. The fourth-order valence-electron chi connectivity index (χ4n) is 0.914. The highest BCUT2D eigenvalue weighted by Gasteiger charge is 2.49. The molecule has 11 heteroatoms. The van der Waals surface area contributed by atoms with E-state index in [9.17, 15) is 27.1 Å². The highest BCUT2D eigenvalue weighted by Crippen LogP contribution is 2.24. The van der Waals surface area contributed by atoms with Gasteiger partial charge in [-0.25, -0.2) is 4.79 Å². The standard InChI is InChI=1S/C10H9F3N2O4S2/c1-6(2)9(16)19-7-3-8(5-14-4-7)20(17)15-21(18)10(11,12)13/h3-5,15H,1H2,2H3. The summed E-state index contributed by atoms with van der Waals surface area (Å²) in [6.45, 7) is 4.74. The van der Waals surface area contributed by atoms with Crippen LogP contribution >= 0.6 is 0 Å². The molecule has 0 aromatic carbocycles. The van der Waals surface area contributed by atoms with Gasteiger partial charge in [-0.3, -0.25) is 4.98 Å². The Bertz CT molecular complexity index is 541. The van der Waals surface area contributed by atoms with Gasteiger partial charge < -0.3 is 13.8 Å². The first-order valence-corrected chi connectivity index (χ1v) is 7.40. The third-order valence-corrected chi connectivity index (χ3v) is 4.11. The molecule has 0 aliphatic rings. The highest BCUT2D eigenvalue weighted by atomic mass is 32.3. The zero-order chi connectivity index (χ0) is 16.2. The van der Waals surface area contributed by atoms with Crippen LogP contribution in [-0.4, -0.2) is 25.6 Å². The molecule has 0 fully saturated rings. The van der Waals surface area contributed by atoms with Crippen molar-refractivity contribution in [1.29, 1.82) is 0 Å². The number of pyridine rings is 1. The smallest absolute Gasteiger partial charge is 0.589 e. The van der Waals surface area contributed by atoms with Gasteiger partial charge in [0.05, 0.1) is 16.5 Å². The van der Waals surface area contributed by atoms with E-state index in [0.717, 1.165) is 18.5 Å². The van der Waals surface area contributed by atoms with Crippen molar-refractivity contribution in [3.63, 3.8) is 0 Å². The van der Waals surface area contributed by atoms with Crippen molar-refractivity contribution in [3.05, 3.63) is 30.6 Å². The SMILES string of the molecule is C=C(C)C(=O)Oc1cncc([S+]([O-])N[S+]([O-])C(F)(F)F)c1. The van der Waals surface area contributed by atoms with Crippen LogP contribution < -0.4 is 8.86 Å². The molecule has 2 unspecified atom stereocenters. The number of hydrogen-bond acceptors (Lipinski definition) is 6. The largest absolute Gasteiger partial charge is 0.597 e. The molecule has 2 atom stereocenters. The van der Waals surface area contributed by atoms with E-state index in [1.54, 1.807) is 0 Å². The van der Waals surface area contributed by atoms with Crippen molar-refractivity contribution in [1.82, 2.24) is 9.11 Å². The molecule has 1 aromatic heterocycles. The third-order valence-electron chi connectivity index (χ3n) is 1.82. The lowest BCUT2D eigenvalue weighted by molar-refractivity contribution is -0.130. The fourth-order valence-corrected chi connectivity index (χ4v) is 2.61. The van der Waals surface area contributed by atoms with Gasteiger partial charge in [0.2, 0.25) is 11.4 Å². The second-order valence-electron chi connectivity index (χ2n) is 3.59. The van der Waals surface area contributed by atoms with Crippen LogP contribution in [0.5, 0.6) is 5.75 Å². The van der Waals surface area contributed by atoms with Crippen molar-refractivity contribution in [2.75, 3.05) is 0 Å². The fraction of sp³-hybridized carbons (Fsp3) is 0.200. The topological polar surface area (TPSA) is 97.3 Å². The molecule has 0 aliphatic heterocycles. The third kappa shape index (κ3) is 5.55. The van der Waals surface area contributed by atoms with E-state index in [0.29, 0.717) is 0 Å². The lowest BCUT2D eigenvalue weighted by atomic mass is 10.3. The quantitative estimate of drug-likeness (QED) is 0.493. The average Bonchev–Trinajstić information content (AvgIpc) is 2.37. The molecule has 0 radical (unpaired) electrons. The van der Waals surface area contributed by atoms with Crippen LogP contribution in [0.3, 0.4) is 0 Å². The van der Waals surface area contributed by atoms with Crippen molar-refractivity contribution in [3.8, 4) is 5.75 Å². The van der Waals surface area contributed by atoms with Gasteiger partial charge in [0.1, 0.15) is 11.4 Å². The zero-order valence-electron chi connectivity index (χ0n) is 10.5. The number of halogens is 3. The molecule has 0 aliphatic carbocycles. The number of carbonyl (C=O) groups is 1. The molecule has 1 rings (SSSR count). The first-order chi connectivity index (χ1) is 9.61. The minimum atomic E-state index is -5.05. The first-order valence-electron chi connectivity index (χ1n) is 5.10. The highest BCUT2D eigenvalue weighted by molar-refractivity contribution is 8.05. The molecule has 0 amide bonds. The van der Waals surface area contributed by atoms with E-state index in [-0.39, 0.29) is 16.2 Å². The van der Waals surface area contributed by atoms with Crippen LogP contribution in [0, 0.1) is 0 Å². The van der Waals surface area contributed by atoms with Gasteiger partial charge in [-0.05, 0) is 6.92 Å². The van der Waals surface area contributed by atoms with E-state index in [1.807, 2.05) is 0 Å². The summed E-state index contributed by atoms with van der Waals surface area (Å²) in [5, 5.41) is 0. The number of nitrogens with one attached hydrogen (secondary N) is 1. The number of aromatic nitrogens is 1. The van der Waals surface area contributed by atoms with E-state index in [4.69, 9.17) is 4.74 Å². The van der Waals surface area contributed by atoms with Crippen LogP contribution in [0.15, 0.2) is 35.5 Å². The van der Waals surface area contributed by atoms with Gasteiger partial charge >= 0.3 is 11.5 Å². The van der Waals surface area contributed by atoms with Gasteiger partial charge in [-0.2, -0.15) is 0 Å². The molecule has 1 heterocycles. The predicted molar refractivity (Wildman–Crippen MR) is 68.4 cm³/mol. The molecule has 0 saturated heterocycles. The molecule has 6 nitrogen and oxygen atoms in total. The molecule has 0 saturated carbocycles. The van der Waals surface area contributed by atoms with E-state index < -0.39 is 34.2 Å². The van der Waals surface area contributed by atoms with E-state index >= 15 is 0 Å². The Balaban J connectivity index is 2.80. The van der Waals surface area contributed by atoms with Gasteiger partial charge in [0.15, 0.2) is 10.6 Å². The van der Waals surface area contributed by atoms with Crippen molar-refractivity contribution in [2.45, 2.75) is 17.3 Å². The van der Waals surface area contributed by atoms with Crippen LogP contribution in [0.4, 0.5) is 13.2 Å². The molecule has 116 valence electrons. The number of rotatable bonds is 5. The number of alkyl halides is 3. The molecular weight excluding hydrogens is 333 g/mol. The lowest BCUT2D eigenvalue weighted by Gasteiger charge is -2.14. The summed E-state index contributed by atoms with van der Waals surface area (Å²) in [7, 11) is 0. The maximum Gasteiger partial charge on any atom is 0.597 e. The van der Waals surface area contributed by atoms with Gasteiger partial charge in [-0.1, -0.05) is 6.58 Å². The number of ether oxygens (including phenoxy) is 1. The van der Waals surface area contributed by atoms with E-state index in [1.165, 1.54) is 11.1 Å². The van der Waals surface area contributed by atoms with Crippen LogP contribution in [0.1, 0.15) is 6.92 Å². The maximum atomic E-state index is 12.1. The normalized spacial score (nSPS) is 14.4. The van der Waals surface area contributed by atoms with Crippen LogP contribution in [0.25, 0.3) is 0 Å². The lowest BCUT2D eigenvalue weighted by Crippen LogP contribution is -2.40. The zero-order valence-corrected chi connectivity index (χ0v) is 12.1. The summed E-state index contributed by atoms with van der Waals surface area (Å²) in [5.74, 6) is -0.903. The summed E-state index contributed by atoms with van der Waals surface area (Å²) in [5.41, 5.74) is -4.95. The maximum absolute atomic E-state index is 12.1. The van der Waals surface area contributed by atoms with Crippen molar-refractivity contribution in [2.24, 2.45) is 0 Å². The monoisotopic (exact) mass is 342 g/mol. The molecular formula is C10H9F3N2O4S2. The minimum absolute atomic E-state index is 0.0952.